The molecule has 0 saturated carbocycles. The molecule has 0 atom stereocenters. The van der Waals surface area contributed by atoms with E-state index in [0.717, 1.165) is 58.0 Å². The Morgan fingerprint density at radius 1 is 0.386 bits per heavy atom. The summed E-state index contributed by atoms with van der Waals surface area (Å²) >= 11 is 0. The van der Waals surface area contributed by atoms with E-state index in [-0.39, 0.29) is 5.78 Å². The Kier molecular flexibility index (Phi) is 73.3. The van der Waals surface area contributed by atoms with Crippen LogP contribution in [-0.4, -0.2) is 78.5 Å². The van der Waals surface area contributed by atoms with E-state index in [1.54, 1.807) is 6.92 Å². The molecule has 10 N–H and O–H groups in total. The van der Waals surface area contributed by atoms with Crippen molar-refractivity contribution in [2.45, 2.75) is 118 Å². The summed E-state index contributed by atoms with van der Waals surface area (Å²) in [6.45, 7) is 16.8. The lowest BCUT2D eigenvalue weighted by molar-refractivity contribution is -0.117. The van der Waals surface area contributed by atoms with Crippen LogP contribution in [0.4, 0.5) is 0 Å². The van der Waals surface area contributed by atoms with Crippen molar-refractivity contribution in [2.75, 3.05) is 72.7 Å². The number of carbonyl (C=O) groups excluding carboxylic acids is 1. The third kappa shape index (κ3) is 83.7. The van der Waals surface area contributed by atoms with Gasteiger partial charge in [0.2, 0.25) is 0 Å². The minimum absolute atomic E-state index is 0.258. The van der Waals surface area contributed by atoms with Crippen molar-refractivity contribution in [1.29, 1.82) is 0 Å². The lowest BCUT2D eigenvalue weighted by Gasteiger charge is -2.05. The normalized spacial score (nSPS) is 9.86. The first-order valence-electron chi connectivity index (χ1n) is 16.2. The maximum Gasteiger partial charge on any atom is 0.129 e. The Bertz CT molecular complexity index is 424. The van der Waals surface area contributed by atoms with E-state index in [1.165, 1.54) is 25.7 Å². The molecule has 0 unspecified atom stereocenters. The van der Waals surface area contributed by atoms with Crippen molar-refractivity contribution < 1.29 is 43.2 Å². The first kappa shape index (κ1) is 52.7. The fourth-order valence-electron chi connectivity index (χ4n) is 2.66. The Labute approximate surface area is 269 Å². The van der Waals surface area contributed by atoms with Gasteiger partial charge in [0.25, 0.3) is 0 Å². The third-order valence-electron chi connectivity index (χ3n) is 5.03. The van der Waals surface area contributed by atoms with E-state index in [0.29, 0.717) is 72.5 Å². The number of unbranched alkanes of at least 4 members (excludes halogenated alkanes) is 7. The number of Topliss-reactive ketones (excluding diaryl/α,β-unsaturated/α-hetero) is 1. The van der Waals surface area contributed by atoms with Crippen LogP contribution in [0.3, 0.4) is 0 Å². The van der Waals surface area contributed by atoms with Crippen LogP contribution in [0.15, 0.2) is 0 Å². The summed E-state index contributed by atoms with van der Waals surface area (Å²) in [5.41, 5.74) is 0. The summed E-state index contributed by atoms with van der Waals surface area (Å²) in [5, 5.41) is 0. The lowest BCUT2D eigenvalue weighted by Crippen LogP contribution is -2.13. The monoisotopic (exact) mass is 648 g/mol. The van der Waals surface area contributed by atoms with E-state index in [4.69, 9.17) is 37.8 Å². The Morgan fingerprint density at radius 3 is 1.09 bits per heavy atom. The minimum Gasteiger partial charge on any atom is -0.379 e. The smallest absolute Gasteiger partial charge is 0.129 e. The molecule has 0 aromatic rings. The van der Waals surface area contributed by atoms with Crippen LogP contribution in [0.1, 0.15) is 118 Å². The molecule has 0 aliphatic rings. The van der Waals surface area contributed by atoms with Crippen LogP contribution in [0.25, 0.3) is 0 Å². The molecule has 0 fully saturated rings. The molecule has 0 spiro atoms. The van der Waals surface area contributed by atoms with E-state index < -0.39 is 0 Å². The van der Waals surface area contributed by atoms with Crippen molar-refractivity contribution in [3.05, 3.63) is 0 Å². The SMILES string of the molecule is CC(=O)CCCCCON.CCCCCCCON.CCCCON.CCCOCCOCCOCCON.CCCON. The average molecular weight is 648 g/mol. The summed E-state index contributed by atoms with van der Waals surface area (Å²) in [6.07, 6.45) is 14.2. The number of carbonyl (C=O) groups is 1. The van der Waals surface area contributed by atoms with Crippen LogP contribution < -0.4 is 29.5 Å². The first-order valence-corrected chi connectivity index (χ1v) is 16.2. The molecule has 0 aromatic carbocycles. The molecular formula is C30H73N5O9. The molecule has 0 aliphatic carbocycles. The number of ketones is 1. The van der Waals surface area contributed by atoms with Gasteiger partial charge in [-0.1, -0.05) is 66.2 Å². The highest BCUT2D eigenvalue weighted by Gasteiger charge is 1.93. The number of nitrogens with two attached hydrogens (primary N) is 5. The van der Waals surface area contributed by atoms with Gasteiger partial charge < -0.3 is 43.2 Å². The quantitative estimate of drug-likeness (QED) is 0.0594. The van der Waals surface area contributed by atoms with Crippen molar-refractivity contribution >= 4 is 5.78 Å². The molecule has 14 heteroatoms. The van der Waals surface area contributed by atoms with Gasteiger partial charge in [-0.25, -0.2) is 29.5 Å². The lowest BCUT2D eigenvalue weighted by atomic mass is 10.1. The fraction of sp³-hybridized carbons (Fsp3) is 0.967. The predicted molar refractivity (Wildman–Crippen MR) is 177 cm³/mol. The van der Waals surface area contributed by atoms with Gasteiger partial charge in [0.05, 0.1) is 66.1 Å². The fourth-order valence-corrected chi connectivity index (χ4v) is 2.66. The Hall–Kier alpha value is -0.850. The predicted octanol–water partition coefficient (Wildman–Crippen LogP) is 4.17. The van der Waals surface area contributed by atoms with Crippen molar-refractivity contribution in [3.8, 4) is 0 Å². The van der Waals surface area contributed by atoms with Crippen LogP contribution in [0.2, 0.25) is 0 Å². The van der Waals surface area contributed by atoms with Gasteiger partial charge in [-0.15, -0.1) is 0 Å². The second kappa shape index (κ2) is 61.2. The molecule has 0 bridgehead atoms. The number of rotatable bonds is 28. The second-order valence-corrected chi connectivity index (χ2v) is 9.47. The molecule has 14 nitrogen and oxygen atoms in total. The van der Waals surface area contributed by atoms with Crippen LogP contribution in [0, 0.1) is 0 Å². The first-order chi connectivity index (χ1) is 21.4. The maximum absolute atomic E-state index is 10.4. The molecule has 0 aliphatic heterocycles. The summed E-state index contributed by atoms with van der Waals surface area (Å²) < 4.78 is 15.6. The van der Waals surface area contributed by atoms with Crippen LogP contribution in [0.5, 0.6) is 0 Å². The van der Waals surface area contributed by atoms with Gasteiger partial charge in [-0.2, -0.15) is 0 Å². The average Bonchev–Trinajstić information content (AvgIpc) is 3.02. The van der Waals surface area contributed by atoms with E-state index >= 15 is 0 Å². The van der Waals surface area contributed by atoms with Crippen LogP contribution in [-0.2, 0) is 43.2 Å². The molecule has 0 rings (SSSR count). The van der Waals surface area contributed by atoms with E-state index in [2.05, 4.69) is 50.9 Å². The van der Waals surface area contributed by atoms with Crippen LogP contribution >= 0.6 is 0 Å². The summed E-state index contributed by atoms with van der Waals surface area (Å²) in [7, 11) is 0. The zero-order valence-electron chi connectivity index (χ0n) is 29.0. The molecular weight excluding hydrogens is 574 g/mol. The van der Waals surface area contributed by atoms with Gasteiger partial charge in [-0.05, 0) is 45.4 Å². The molecule has 0 radical (unpaired) electrons. The van der Waals surface area contributed by atoms with Gasteiger partial charge in [-0.3, -0.25) is 0 Å². The Morgan fingerprint density at radius 2 is 0.750 bits per heavy atom. The minimum atomic E-state index is 0.258. The summed E-state index contributed by atoms with van der Waals surface area (Å²) in [4.78, 5) is 32.0. The standard InChI is InChI=1S/C9H21NO4.C7H15NO2.C7H17NO.C4H11NO.C3H9NO/c1-2-3-11-4-5-12-6-7-13-8-9-14-10;1-7(9)5-3-2-4-6-10-8;1-2-3-4-5-6-7-9-8;1-2-3-4-6-5;1-2-3-5-4/h2-10H2,1H3;2-6,8H2,1H3;2-8H2,1H3;2-5H2,1H3;2-4H2,1H3. The third-order valence-corrected chi connectivity index (χ3v) is 5.03. The molecule has 272 valence electrons. The van der Waals surface area contributed by atoms with E-state index in [1.807, 2.05) is 6.92 Å². The number of hydrogen-bond donors (Lipinski definition) is 5. The highest BCUT2D eigenvalue weighted by molar-refractivity contribution is 5.75. The summed E-state index contributed by atoms with van der Waals surface area (Å²) in [5.74, 6) is 24.1. The van der Waals surface area contributed by atoms with Gasteiger partial charge in [0.15, 0.2) is 0 Å². The number of hydrogen-bond acceptors (Lipinski definition) is 14. The van der Waals surface area contributed by atoms with Gasteiger partial charge in [0.1, 0.15) is 5.78 Å². The summed E-state index contributed by atoms with van der Waals surface area (Å²) in [6, 6.07) is 0. The van der Waals surface area contributed by atoms with Crippen molar-refractivity contribution in [3.63, 3.8) is 0 Å². The topological polar surface area (TPSA) is 221 Å². The zero-order valence-corrected chi connectivity index (χ0v) is 29.0. The maximum atomic E-state index is 10.4. The van der Waals surface area contributed by atoms with Crippen molar-refractivity contribution in [2.24, 2.45) is 29.5 Å². The molecule has 0 heterocycles. The Balaban J connectivity index is -0.000000151. The van der Waals surface area contributed by atoms with Gasteiger partial charge in [0, 0.05) is 13.0 Å². The van der Waals surface area contributed by atoms with Gasteiger partial charge >= 0.3 is 0 Å². The van der Waals surface area contributed by atoms with E-state index in [9.17, 15) is 4.79 Å². The molecule has 0 aromatic heterocycles. The largest absolute Gasteiger partial charge is 0.379 e. The highest BCUT2D eigenvalue weighted by Crippen LogP contribution is 2.01. The molecule has 0 saturated heterocycles. The molecule has 44 heavy (non-hydrogen) atoms. The second-order valence-electron chi connectivity index (χ2n) is 9.47. The highest BCUT2D eigenvalue weighted by atomic mass is 16.6. The van der Waals surface area contributed by atoms with Crippen molar-refractivity contribution in [1.82, 2.24) is 0 Å². The number of ether oxygens (including phenoxy) is 3. The molecule has 0 amide bonds. The zero-order chi connectivity index (χ0) is 34.2.